The van der Waals surface area contributed by atoms with E-state index in [4.69, 9.17) is 4.74 Å². The predicted molar refractivity (Wildman–Crippen MR) is 101 cm³/mol. The molecule has 0 unspecified atom stereocenters. The number of esters is 1. The highest BCUT2D eigenvalue weighted by Crippen LogP contribution is 2.19. The zero-order valence-electron chi connectivity index (χ0n) is 15.4. The molecule has 3 rings (SSSR count). The number of amides is 3. The number of hydrogen-bond acceptors (Lipinski definition) is 5. The molecular weight excluding hydrogens is 360 g/mol. The van der Waals surface area contributed by atoms with E-state index in [1.807, 2.05) is 6.07 Å². The van der Waals surface area contributed by atoms with Gasteiger partial charge in [0.2, 0.25) is 5.91 Å². The number of hydrogen-bond donors (Lipinski definition) is 1. The molecule has 3 amide bonds. The Kier molecular flexibility index (Phi) is 5.84. The van der Waals surface area contributed by atoms with Gasteiger partial charge in [-0.25, -0.2) is 0 Å². The van der Waals surface area contributed by atoms with Crippen molar-refractivity contribution < 1.29 is 23.9 Å². The molecule has 2 aromatic carbocycles. The Bertz CT molecular complexity index is 910. The summed E-state index contributed by atoms with van der Waals surface area (Å²) >= 11 is 0. The van der Waals surface area contributed by atoms with Crippen LogP contribution in [0.15, 0.2) is 54.6 Å². The summed E-state index contributed by atoms with van der Waals surface area (Å²) < 4.78 is 5.12. The van der Waals surface area contributed by atoms with Crippen molar-refractivity contribution in [3.8, 4) is 0 Å². The molecule has 28 heavy (non-hydrogen) atoms. The van der Waals surface area contributed by atoms with Gasteiger partial charge in [0.15, 0.2) is 6.10 Å². The van der Waals surface area contributed by atoms with Gasteiger partial charge in [-0.1, -0.05) is 36.4 Å². The Hall–Kier alpha value is -3.48. The Morgan fingerprint density at radius 1 is 1.07 bits per heavy atom. The Morgan fingerprint density at radius 2 is 1.75 bits per heavy atom. The molecule has 0 spiro atoms. The average Bonchev–Trinajstić information content (AvgIpc) is 2.68. The second-order valence-corrected chi connectivity index (χ2v) is 6.42. The largest absolute Gasteiger partial charge is 0.452 e. The molecule has 0 saturated heterocycles. The van der Waals surface area contributed by atoms with Gasteiger partial charge in [-0.05, 0) is 30.7 Å². The first-order valence-electron chi connectivity index (χ1n) is 8.93. The summed E-state index contributed by atoms with van der Waals surface area (Å²) in [6.07, 6.45) is -1.06. The monoisotopic (exact) mass is 380 g/mol. The number of nitrogens with one attached hydrogen (secondary N) is 1. The Morgan fingerprint density at radius 3 is 2.50 bits per heavy atom. The van der Waals surface area contributed by atoms with Gasteiger partial charge >= 0.3 is 5.97 Å². The SMILES string of the molecule is C[C@H](OC(=O)CCN1C(=O)Cc2ccccc2C1=O)C(=O)Nc1ccccc1. The lowest BCUT2D eigenvalue weighted by atomic mass is 9.98. The molecule has 1 aliphatic heterocycles. The van der Waals surface area contributed by atoms with Crippen LogP contribution in [0.3, 0.4) is 0 Å². The van der Waals surface area contributed by atoms with Crippen LogP contribution in [-0.2, 0) is 25.5 Å². The van der Waals surface area contributed by atoms with Crippen molar-refractivity contribution in [1.29, 1.82) is 0 Å². The molecule has 2 aromatic rings. The van der Waals surface area contributed by atoms with Gasteiger partial charge in [0, 0.05) is 17.8 Å². The molecule has 0 fully saturated rings. The fraction of sp³-hybridized carbons (Fsp3) is 0.238. The number of rotatable bonds is 6. The Balaban J connectivity index is 1.52. The summed E-state index contributed by atoms with van der Waals surface area (Å²) in [5, 5.41) is 2.64. The minimum atomic E-state index is -0.999. The molecule has 1 aliphatic rings. The number of carbonyl (C=O) groups excluding carboxylic acids is 4. The molecule has 0 saturated carbocycles. The zero-order chi connectivity index (χ0) is 20.1. The summed E-state index contributed by atoms with van der Waals surface area (Å²) in [4.78, 5) is 49.9. The summed E-state index contributed by atoms with van der Waals surface area (Å²) in [6.45, 7) is 1.38. The van der Waals surface area contributed by atoms with Gasteiger partial charge in [-0.3, -0.25) is 24.1 Å². The van der Waals surface area contributed by atoms with Crippen LogP contribution in [-0.4, -0.2) is 41.2 Å². The number of imide groups is 1. The van der Waals surface area contributed by atoms with Crippen molar-refractivity contribution in [3.63, 3.8) is 0 Å². The van der Waals surface area contributed by atoms with Crippen LogP contribution in [0.1, 0.15) is 29.3 Å². The van der Waals surface area contributed by atoms with Crippen molar-refractivity contribution >= 4 is 29.4 Å². The molecule has 0 aromatic heterocycles. The maximum absolute atomic E-state index is 12.5. The van der Waals surface area contributed by atoms with E-state index in [0.29, 0.717) is 16.8 Å². The van der Waals surface area contributed by atoms with Gasteiger partial charge in [0.05, 0.1) is 12.8 Å². The van der Waals surface area contributed by atoms with Crippen molar-refractivity contribution in [2.24, 2.45) is 0 Å². The summed E-state index contributed by atoms with van der Waals surface area (Å²) in [5.41, 5.74) is 1.74. The second kappa shape index (κ2) is 8.47. The summed E-state index contributed by atoms with van der Waals surface area (Å²) in [5.74, 6) is -1.89. The van der Waals surface area contributed by atoms with Crippen molar-refractivity contribution in [1.82, 2.24) is 4.90 Å². The van der Waals surface area contributed by atoms with Gasteiger partial charge < -0.3 is 10.1 Å². The predicted octanol–water partition coefficient (Wildman–Crippen LogP) is 2.17. The second-order valence-electron chi connectivity index (χ2n) is 6.42. The van der Waals surface area contributed by atoms with Crippen LogP contribution in [0, 0.1) is 0 Å². The topological polar surface area (TPSA) is 92.8 Å². The fourth-order valence-corrected chi connectivity index (χ4v) is 2.90. The quantitative estimate of drug-likeness (QED) is 0.612. The molecular formula is C21H20N2O5. The first kappa shape index (κ1) is 19.3. The van der Waals surface area contributed by atoms with E-state index in [1.165, 1.54) is 6.92 Å². The molecule has 0 radical (unpaired) electrons. The third-order valence-corrected chi connectivity index (χ3v) is 4.39. The van der Waals surface area contributed by atoms with Crippen molar-refractivity contribution in [3.05, 3.63) is 65.7 Å². The van der Waals surface area contributed by atoms with E-state index >= 15 is 0 Å². The third-order valence-electron chi connectivity index (χ3n) is 4.39. The molecule has 1 N–H and O–H groups in total. The first-order chi connectivity index (χ1) is 13.5. The van der Waals surface area contributed by atoms with E-state index in [1.54, 1.807) is 48.5 Å². The van der Waals surface area contributed by atoms with Crippen LogP contribution < -0.4 is 5.32 Å². The highest BCUT2D eigenvalue weighted by Gasteiger charge is 2.31. The summed E-state index contributed by atoms with van der Waals surface area (Å²) in [6, 6.07) is 15.7. The number of nitrogens with zero attached hydrogens (tertiary/aromatic N) is 1. The van der Waals surface area contributed by atoms with Gasteiger partial charge in [-0.2, -0.15) is 0 Å². The number of ether oxygens (including phenoxy) is 1. The zero-order valence-corrected chi connectivity index (χ0v) is 15.4. The van der Waals surface area contributed by atoms with Gasteiger partial charge in [0.25, 0.3) is 11.8 Å². The highest BCUT2D eigenvalue weighted by molar-refractivity contribution is 6.09. The maximum atomic E-state index is 12.5. The maximum Gasteiger partial charge on any atom is 0.308 e. The molecule has 144 valence electrons. The van der Waals surface area contributed by atoms with Crippen LogP contribution in [0.25, 0.3) is 0 Å². The number of fused-ring (bicyclic) bond motifs is 1. The van der Waals surface area contributed by atoms with E-state index in [-0.39, 0.29) is 25.3 Å². The molecule has 0 aliphatic carbocycles. The van der Waals surface area contributed by atoms with Crippen molar-refractivity contribution in [2.45, 2.75) is 25.9 Å². The average molecular weight is 380 g/mol. The van der Waals surface area contributed by atoms with Crippen LogP contribution >= 0.6 is 0 Å². The standard InChI is InChI=1S/C21H20N2O5/c1-14(20(26)22-16-8-3-2-4-9-16)28-19(25)11-12-23-18(24)13-15-7-5-6-10-17(15)21(23)27/h2-10,14H,11-13H2,1H3,(H,22,26)/t14-/m0/s1. The van der Waals surface area contributed by atoms with Crippen molar-refractivity contribution in [2.75, 3.05) is 11.9 Å². The number of anilines is 1. The highest BCUT2D eigenvalue weighted by atomic mass is 16.5. The first-order valence-corrected chi connectivity index (χ1v) is 8.93. The van der Waals surface area contributed by atoms with E-state index in [9.17, 15) is 19.2 Å². The normalized spacial score (nSPS) is 14.2. The molecule has 7 heteroatoms. The lowest BCUT2D eigenvalue weighted by Gasteiger charge is -2.26. The minimum absolute atomic E-state index is 0.0855. The van der Waals surface area contributed by atoms with Gasteiger partial charge in [0.1, 0.15) is 0 Å². The molecule has 1 heterocycles. The minimum Gasteiger partial charge on any atom is -0.452 e. The number of carbonyl (C=O) groups is 4. The number of benzene rings is 2. The van der Waals surface area contributed by atoms with Crippen LogP contribution in [0.4, 0.5) is 5.69 Å². The van der Waals surface area contributed by atoms with E-state index < -0.39 is 23.9 Å². The third kappa shape index (κ3) is 4.43. The van der Waals surface area contributed by atoms with Gasteiger partial charge in [-0.15, -0.1) is 0 Å². The Labute approximate surface area is 162 Å². The lowest BCUT2D eigenvalue weighted by Crippen LogP contribution is -2.43. The summed E-state index contributed by atoms with van der Waals surface area (Å²) in [7, 11) is 0. The van der Waals surface area contributed by atoms with E-state index in [2.05, 4.69) is 5.32 Å². The molecule has 1 atom stereocenters. The molecule has 7 nitrogen and oxygen atoms in total. The smallest absolute Gasteiger partial charge is 0.308 e. The molecule has 0 bridgehead atoms. The lowest BCUT2D eigenvalue weighted by molar-refractivity contribution is -0.153. The number of para-hydroxylation sites is 1. The van der Waals surface area contributed by atoms with Crippen LogP contribution in [0.2, 0.25) is 0 Å². The van der Waals surface area contributed by atoms with E-state index in [0.717, 1.165) is 4.90 Å². The van der Waals surface area contributed by atoms with Crippen LogP contribution in [0.5, 0.6) is 0 Å². The fourth-order valence-electron chi connectivity index (χ4n) is 2.90.